The number of halogens is 1. The Balaban J connectivity index is 2.99. The molecule has 0 aromatic carbocycles. The van der Waals surface area contributed by atoms with Gasteiger partial charge in [-0.15, -0.1) is 0 Å². The number of amides is 1. The molecule has 0 saturated heterocycles. The number of hydrogen-bond acceptors (Lipinski definition) is 3. The molecule has 7 heteroatoms. The quantitative estimate of drug-likeness (QED) is 0.687. The Morgan fingerprint density at radius 3 is 2.14 bits per heavy atom. The SMILES string of the molecule is CCCCN(CCCC)C(=O)c1cc(S(=O)(=O)Cl)cn1C. The second-order valence-corrected chi connectivity index (χ2v) is 7.68. The third-order valence-corrected chi connectivity index (χ3v) is 4.65. The van der Waals surface area contributed by atoms with E-state index in [4.69, 9.17) is 10.7 Å². The summed E-state index contributed by atoms with van der Waals surface area (Å²) in [6.45, 7) is 5.51. The molecule has 0 unspecified atom stereocenters. The Hall–Kier alpha value is -1.01. The summed E-state index contributed by atoms with van der Waals surface area (Å²) in [5.41, 5.74) is 0.349. The molecular formula is C14H23ClN2O3S. The molecule has 0 saturated carbocycles. The minimum absolute atomic E-state index is 0.0408. The van der Waals surface area contributed by atoms with Gasteiger partial charge >= 0.3 is 0 Å². The van der Waals surface area contributed by atoms with Crippen LogP contribution < -0.4 is 0 Å². The first-order valence-electron chi connectivity index (χ1n) is 7.21. The first kappa shape index (κ1) is 18.0. The van der Waals surface area contributed by atoms with Gasteiger partial charge in [0.1, 0.15) is 10.6 Å². The van der Waals surface area contributed by atoms with Crippen LogP contribution in [0.1, 0.15) is 50.0 Å². The van der Waals surface area contributed by atoms with E-state index in [1.54, 1.807) is 11.9 Å². The van der Waals surface area contributed by atoms with Gasteiger partial charge in [0.05, 0.1) is 0 Å². The van der Waals surface area contributed by atoms with Crippen LogP contribution in [0.15, 0.2) is 17.2 Å². The molecule has 0 fully saturated rings. The topological polar surface area (TPSA) is 59.4 Å². The van der Waals surface area contributed by atoms with Crippen molar-refractivity contribution in [2.45, 2.75) is 44.4 Å². The number of hydrogen-bond donors (Lipinski definition) is 0. The van der Waals surface area contributed by atoms with Crippen molar-refractivity contribution in [1.29, 1.82) is 0 Å². The second kappa shape index (κ2) is 7.84. The van der Waals surface area contributed by atoms with E-state index in [0.29, 0.717) is 18.8 Å². The fourth-order valence-electron chi connectivity index (χ4n) is 2.06. The van der Waals surface area contributed by atoms with E-state index in [2.05, 4.69) is 13.8 Å². The lowest BCUT2D eigenvalue weighted by atomic mass is 10.2. The van der Waals surface area contributed by atoms with Crippen LogP contribution in [-0.2, 0) is 16.1 Å². The van der Waals surface area contributed by atoms with E-state index in [0.717, 1.165) is 25.7 Å². The second-order valence-electron chi connectivity index (χ2n) is 5.11. The van der Waals surface area contributed by atoms with Crippen molar-refractivity contribution in [2.24, 2.45) is 7.05 Å². The fourth-order valence-corrected chi connectivity index (χ4v) is 2.84. The van der Waals surface area contributed by atoms with Crippen LogP contribution in [0.3, 0.4) is 0 Å². The van der Waals surface area contributed by atoms with Crippen molar-refractivity contribution in [3.05, 3.63) is 18.0 Å². The molecule has 120 valence electrons. The maximum atomic E-state index is 12.6. The van der Waals surface area contributed by atoms with E-state index < -0.39 is 9.05 Å². The minimum Gasteiger partial charge on any atom is -0.345 e. The highest BCUT2D eigenvalue weighted by atomic mass is 35.7. The zero-order chi connectivity index (χ0) is 16.0. The molecule has 0 spiro atoms. The van der Waals surface area contributed by atoms with Crippen molar-refractivity contribution in [3.8, 4) is 0 Å². The van der Waals surface area contributed by atoms with Gasteiger partial charge in [0.15, 0.2) is 0 Å². The maximum absolute atomic E-state index is 12.6. The Kier molecular flexibility index (Phi) is 6.74. The molecule has 0 atom stereocenters. The Bertz CT molecular complexity index is 573. The predicted molar refractivity (Wildman–Crippen MR) is 84.2 cm³/mol. The van der Waals surface area contributed by atoms with Crippen LogP contribution in [0, 0.1) is 0 Å². The lowest BCUT2D eigenvalue weighted by Crippen LogP contribution is -2.34. The Morgan fingerprint density at radius 1 is 1.24 bits per heavy atom. The molecule has 0 aliphatic heterocycles. The first-order valence-corrected chi connectivity index (χ1v) is 9.52. The van der Waals surface area contributed by atoms with E-state index in [9.17, 15) is 13.2 Å². The van der Waals surface area contributed by atoms with Crippen LogP contribution >= 0.6 is 10.7 Å². The van der Waals surface area contributed by atoms with E-state index in [1.165, 1.54) is 16.8 Å². The van der Waals surface area contributed by atoms with Crippen molar-refractivity contribution < 1.29 is 13.2 Å². The summed E-state index contributed by atoms with van der Waals surface area (Å²) >= 11 is 0. The summed E-state index contributed by atoms with van der Waals surface area (Å²) in [6.07, 6.45) is 5.24. The Morgan fingerprint density at radius 2 is 1.76 bits per heavy atom. The molecule has 0 aliphatic rings. The van der Waals surface area contributed by atoms with Crippen molar-refractivity contribution in [3.63, 3.8) is 0 Å². The van der Waals surface area contributed by atoms with Gasteiger partial charge in [0.2, 0.25) is 0 Å². The van der Waals surface area contributed by atoms with Crippen molar-refractivity contribution >= 4 is 25.6 Å². The highest BCUT2D eigenvalue weighted by Crippen LogP contribution is 2.19. The number of aromatic nitrogens is 1. The third kappa shape index (κ3) is 5.04. The number of carbonyl (C=O) groups is 1. The number of carbonyl (C=O) groups excluding carboxylic acids is 1. The van der Waals surface area contributed by atoms with Crippen LogP contribution in [-0.4, -0.2) is 36.9 Å². The maximum Gasteiger partial charge on any atom is 0.270 e. The number of rotatable bonds is 8. The molecule has 0 N–H and O–H groups in total. The van der Waals surface area contributed by atoms with Crippen molar-refractivity contribution in [1.82, 2.24) is 9.47 Å². The summed E-state index contributed by atoms with van der Waals surface area (Å²) < 4.78 is 24.2. The molecule has 1 rings (SSSR count). The van der Waals surface area contributed by atoms with Crippen molar-refractivity contribution in [2.75, 3.05) is 13.1 Å². The molecule has 0 radical (unpaired) electrons. The van der Waals surface area contributed by atoms with E-state index in [1.807, 2.05) is 0 Å². The molecule has 0 bridgehead atoms. The fraction of sp³-hybridized carbons (Fsp3) is 0.643. The average molecular weight is 335 g/mol. The first-order chi connectivity index (χ1) is 9.81. The molecule has 0 aliphatic carbocycles. The molecule has 21 heavy (non-hydrogen) atoms. The summed E-state index contributed by atoms with van der Waals surface area (Å²) in [6, 6.07) is 1.34. The van der Waals surface area contributed by atoms with E-state index in [-0.39, 0.29) is 10.8 Å². The predicted octanol–water partition coefficient (Wildman–Crippen LogP) is 3.00. The summed E-state index contributed by atoms with van der Waals surface area (Å²) in [4.78, 5) is 14.3. The zero-order valence-corrected chi connectivity index (χ0v) is 14.4. The number of unbranched alkanes of at least 4 members (excludes halogenated alkanes) is 2. The van der Waals surface area contributed by atoms with Gasteiger partial charge in [-0.1, -0.05) is 26.7 Å². The highest BCUT2D eigenvalue weighted by Gasteiger charge is 2.22. The van der Waals surface area contributed by atoms with Crippen LogP contribution in [0.25, 0.3) is 0 Å². The summed E-state index contributed by atoms with van der Waals surface area (Å²) in [5, 5.41) is 0. The Labute approximate surface area is 131 Å². The van der Waals surface area contributed by atoms with E-state index >= 15 is 0 Å². The lowest BCUT2D eigenvalue weighted by Gasteiger charge is -2.22. The van der Waals surface area contributed by atoms with Gasteiger partial charge in [-0.25, -0.2) is 8.42 Å². The minimum atomic E-state index is -3.82. The molecule has 1 aromatic heterocycles. The van der Waals surface area contributed by atoms with Gasteiger partial charge in [-0.05, 0) is 18.9 Å². The van der Waals surface area contributed by atoms with Crippen LogP contribution in [0.4, 0.5) is 0 Å². The normalized spacial score (nSPS) is 11.6. The van der Waals surface area contributed by atoms with Gasteiger partial charge < -0.3 is 9.47 Å². The van der Waals surface area contributed by atoms with Crippen LogP contribution in [0.5, 0.6) is 0 Å². The smallest absolute Gasteiger partial charge is 0.270 e. The number of aryl methyl sites for hydroxylation is 1. The largest absolute Gasteiger partial charge is 0.345 e. The lowest BCUT2D eigenvalue weighted by molar-refractivity contribution is 0.0741. The molecular weight excluding hydrogens is 312 g/mol. The summed E-state index contributed by atoms with van der Waals surface area (Å²) in [5.74, 6) is -0.147. The molecule has 1 heterocycles. The van der Waals surface area contributed by atoms with Gasteiger partial charge in [-0.2, -0.15) is 0 Å². The number of nitrogens with zero attached hydrogens (tertiary/aromatic N) is 2. The third-order valence-electron chi connectivity index (χ3n) is 3.33. The average Bonchev–Trinajstić information content (AvgIpc) is 2.80. The standard InChI is InChI=1S/C14H23ClN2O3S/c1-4-6-8-17(9-7-5-2)14(18)13-10-12(11-16(13)3)21(15,19)20/h10-11H,4-9H2,1-3H3. The zero-order valence-electron chi connectivity index (χ0n) is 12.8. The van der Waals surface area contributed by atoms with Crippen LogP contribution in [0.2, 0.25) is 0 Å². The molecule has 1 amide bonds. The van der Waals surface area contributed by atoms with Gasteiger partial charge in [0, 0.05) is 37.0 Å². The molecule has 1 aromatic rings. The molecule has 5 nitrogen and oxygen atoms in total. The summed E-state index contributed by atoms with van der Waals surface area (Å²) in [7, 11) is 3.16. The highest BCUT2D eigenvalue weighted by molar-refractivity contribution is 8.13. The van der Waals surface area contributed by atoms with Gasteiger partial charge in [0.25, 0.3) is 15.0 Å². The monoisotopic (exact) mass is 334 g/mol. The van der Waals surface area contributed by atoms with Gasteiger partial charge in [-0.3, -0.25) is 4.79 Å².